The molecule has 2 heterocycles. The first kappa shape index (κ1) is 7.72. The van der Waals surface area contributed by atoms with Gasteiger partial charge in [0, 0.05) is 0 Å². The van der Waals surface area contributed by atoms with Crippen molar-refractivity contribution in [3.8, 4) is 0 Å². The molecule has 0 fully saturated rings. The fourth-order valence-electron chi connectivity index (χ4n) is 1.57. The van der Waals surface area contributed by atoms with E-state index >= 15 is 0 Å². The van der Waals surface area contributed by atoms with Gasteiger partial charge in [0.2, 0.25) is 0 Å². The Morgan fingerprint density at radius 1 is 1.50 bits per heavy atom. The summed E-state index contributed by atoms with van der Waals surface area (Å²) >= 11 is 0. The van der Waals surface area contributed by atoms with E-state index in [9.17, 15) is 10.2 Å². The standard InChI is InChI=1S/C7H10N2O3/c10-2-5-7(12)6(11)4-1-8-3-9(4)5/h1,3,5-7,10-12H,2H2/t5-,6-,7+/m1/s1. The summed E-state index contributed by atoms with van der Waals surface area (Å²) in [4.78, 5) is 3.81. The molecule has 12 heavy (non-hydrogen) atoms. The third-order valence-electron chi connectivity index (χ3n) is 2.26. The molecule has 0 unspecified atom stereocenters. The Bertz CT molecular complexity index is 286. The predicted molar refractivity (Wildman–Crippen MR) is 39.3 cm³/mol. The number of aliphatic hydroxyl groups is 3. The molecule has 1 aromatic heterocycles. The molecule has 3 N–H and O–H groups in total. The van der Waals surface area contributed by atoms with Crippen molar-refractivity contribution in [3.05, 3.63) is 18.2 Å². The highest BCUT2D eigenvalue weighted by atomic mass is 16.3. The second kappa shape index (κ2) is 2.55. The van der Waals surface area contributed by atoms with Gasteiger partial charge in [-0.05, 0) is 0 Å². The molecule has 2 rings (SSSR count). The molecule has 1 aliphatic heterocycles. The first-order chi connectivity index (χ1) is 5.75. The van der Waals surface area contributed by atoms with E-state index in [1.54, 1.807) is 4.57 Å². The average Bonchev–Trinajstić information content (AvgIpc) is 2.59. The molecule has 0 aliphatic carbocycles. The molecule has 0 spiro atoms. The minimum Gasteiger partial charge on any atom is -0.394 e. The van der Waals surface area contributed by atoms with E-state index in [2.05, 4.69) is 4.98 Å². The first-order valence-electron chi connectivity index (χ1n) is 3.74. The minimum atomic E-state index is -0.926. The third kappa shape index (κ3) is 0.811. The molecule has 1 aromatic rings. The molecule has 0 radical (unpaired) electrons. The lowest BCUT2D eigenvalue weighted by atomic mass is 10.1. The van der Waals surface area contributed by atoms with Gasteiger partial charge in [0.15, 0.2) is 0 Å². The van der Waals surface area contributed by atoms with Gasteiger partial charge in [-0.2, -0.15) is 0 Å². The smallest absolute Gasteiger partial charge is 0.123 e. The fraction of sp³-hybridized carbons (Fsp3) is 0.571. The van der Waals surface area contributed by atoms with Crippen molar-refractivity contribution in [2.45, 2.75) is 18.2 Å². The SMILES string of the molecule is OC[C@@H]1[C@H](O)[C@H](O)c2cncn21. The summed E-state index contributed by atoms with van der Waals surface area (Å²) in [7, 11) is 0. The maximum Gasteiger partial charge on any atom is 0.123 e. The van der Waals surface area contributed by atoms with E-state index in [1.165, 1.54) is 12.5 Å². The Morgan fingerprint density at radius 2 is 2.25 bits per heavy atom. The lowest BCUT2D eigenvalue weighted by Gasteiger charge is -2.14. The number of rotatable bonds is 1. The van der Waals surface area contributed by atoms with Crippen molar-refractivity contribution >= 4 is 0 Å². The topological polar surface area (TPSA) is 78.5 Å². The fourth-order valence-corrected chi connectivity index (χ4v) is 1.57. The van der Waals surface area contributed by atoms with Crippen molar-refractivity contribution in [1.82, 2.24) is 9.55 Å². The van der Waals surface area contributed by atoms with Crippen LogP contribution >= 0.6 is 0 Å². The number of aromatic nitrogens is 2. The van der Waals surface area contributed by atoms with E-state index in [-0.39, 0.29) is 6.61 Å². The van der Waals surface area contributed by atoms with Gasteiger partial charge in [0.05, 0.1) is 30.9 Å². The molecule has 0 aromatic carbocycles. The summed E-state index contributed by atoms with van der Waals surface area (Å²) in [5.41, 5.74) is 0.557. The van der Waals surface area contributed by atoms with Crippen molar-refractivity contribution in [2.75, 3.05) is 6.61 Å². The van der Waals surface area contributed by atoms with Crippen LogP contribution in [0.5, 0.6) is 0 Å². The summed E-state index contributed by atoms with van der Waals surface area (Å²) in [5, 5.41) is 27.7. The summed E-state index contributed by atoms with van der Waals surface area (Å²) in [6.07, 6.45) is 1.14. The highest BCUT2D eigenvalue weighted by Gasteiger charge is 2.38. The Labute approximate surface area is 68.9 Å². The van der Waals surface area contributed by atoms with Gasteiger partial charge < -0.3 is 19.9 Å². The number of hydrogen-bond acceptors (Lipinski definition) is 4. The number of aliphatic hydroxyl groups excluding tert-OH is 3. The van der Waals surface area contributed by atoms with Crippen LogP contribution in [0.15, 0.2) is 12.5 Å². The molecule has 0 bridgehead atoms. The van der Waals surface area contributed by atoms with Crippen molar-refractivity contribution in [1.29, 1.82) is 0 Å². The van der Waals surface area contributed by atoms with Crippen LogP contribution in [0.1, 0.15) is 17.8 Å². The highest BCUT2D eigenvalue weighted by molar-refractivity contribution is 5.13. The highest BCUT2D eigenvalue weighted by Crippen LogP contribution is 2.33. The Hall–Kier alpha value is -0.910. The van der Waals surface area contributed by atoms with E-state index in [1.807, 2.05) is 0 Å². The molecule has 5 nitrogen and oxygen atoms in total. The zero-order valence-corrected chi connectivity index (χ0v) is 6.33. The molecule has 3 atom stereocenters. The molecule has 1 aliphatic rings. The second-order valence-corrected chi connectivity index (χ2v) is 2.91. The number of fused-ring (bicyclic) bond motifs is 1. The Morgan fingerprint density at radius 3 is 2.92 bits per heavy atom. The molecule has 0 saturated carbocycles. The Kier molecular flexibility index (Phi) is 1.64. The first-order valence-corrected chi connectivity index (χ1v) is 3.74. The summed E-state index contributed by atoms with van der Waals surface area (Å²) in [6, 6.07) is -0.461. The van der Waals surface area contributed by atoms with E-state index < -0.39 is 18.2 Å². The third-order valence-corrected chi connectivity index (χ3v) is 2.26. The van der Waals surface area contributed by atoms with Crippen molar-refractivity contribution in [2.24, 2.45) is 0 Å². The van der Waals surface area contributed by atoms with Gasteiger partial charge in [-0.25, -0.2) is 4.98 Å². The quantitative estimate of drug-likeness (QED) is 0.496. The van der Waals surface area contributed by atoms with Gasteiger partial charge in [-0.1, -0.05) is 0 Å². The van der Waals surface area contributed by atoms with Crippen LogP contribution in [0.25, 0.3) is 0 Å². The van der Waals surface area contributed by atoms with Crippen LogP contribution in [0.3, 0.4) is 0 Å². The van der Waals surface area contributed by atoms with Crippen molar-refractivity contribution < 1.29 is 15.3 Å². The van der Waals surface area contributed by atoms with Gasteiger partial charge in [0.25, 0.3) is 0 Å². The maximum atomic E-state index is 9.42. The number of hydrogen-bond donors (Lipinski definition) is 3. The average molecular weight is 170 g/mol. The normalized spacial score (nSPS) is 33.8. The molecular weight excluding hydrogens is 160 g/mol. The van der Waals surface area contributed by atoms with Crippen LogP contribution in [-0.4, -0.2) is 37.6 Å². The van der Waals surface area contributed by atoms with Gasteiger partial charge >= 0.3 is 0 Å². The summed E-state index contributed by atoms with van der Waals surface area (Å²) in [6.45, 7) is -0.193. The maximum absolute atomic E-state index is 9.42. The summed E-state index contributed by atoms with van der Waals surface area (Å²) in [5.74, 6) is 0. The molecular formula is C7H10N2O3. The van der Waals surface area contributed by atoms with Gasteiger partial charge in [-0.15, -0.1) is 0 Å². The predicted octanol–water partition coefficient (Wildman–Crippen LogP) is -1.18. The van der Waals surface area contributed by atoms with Gasteiger partial charge in [0.1, 0.15) is 12.2 Å². The lowest BCUT2D eigenvalue weighted by molar-refractivity contribution is -0.00109. The van der Waals surface area contributed by atoms with E-state index in [0.717, 1.165) is 0 Å². The van der Waals surface area contributed by atoms with Crippen LogP contribution in [0.2, 0.25) is 0 Å². The van der Waals surface area contributed by atoms with Crippen LogP contribution in [-0.2, 0) is 0 Å². The Balaban J connectivity index is 2.42. The van der Waals surface area contributed by atoms with E-state index in [0.29, 0.717) is 5.69 Å². The summed E-state index contributed by atoms with van der Waals surface area (Å²) < 4.78 is 1.59. The molecule has 0 amide bonds. The van der Waals surface area contributed by atoms with Crippen LogP contribution in [0.4, 0.5) is 0 Å². The van der Waals surface area contributed by atoms with Crippen LogP contribution < -0.4 is 0 Å². The molecule has 5 heteroatoms. The zero-order chi connectivity index (χ0) is 8.72. The largest absolute Gasteiger partial charge is 0.394 e. The molecule has 66 valence electrons. The number of nitrogens with zero attached hydrogens (tertiary/aromatic N) is 2. The number of imidazole rings is 1. The van der Waals surface area contributed by atoms with Gasteiger partial charge in [-0.3, -0.25) is 0 Å². The second-order valence-electron chi connectivity index (χ2n) is 2.91. The molecule has 0 saturated heterocycles. The van der Waals surface area contributed by atoms with E-state index in [4.69, 9.17) is 5.11 Å². The lowest BCUT2D eigenvalue weighted by Crippen LogP contribution is -2.23. The van der Waals surface area contributed by atoms with Crippen molar-refractivity contribution in [3.63, 3.8) is 0 Å². The zero-order valence-electron chi connectivity index (χ0n) is 6.33. The monoisotopic (exact) mass is 170 g/mol. The minimum absolute atomic E-state index is 0.193. The van der Waals surface area contributed by atoms with Crippen LogP contribution in [0, 0.1) is 0 Å².